The van der Waals surface area contributed by atoms with Crippen LogP contribution in [0.3, 0.4) is 0 Å². The molecular weight excluding hydrogens is 290 g/mol. The highest BCUT2D eigenvalue weighted by atomic mass is 16.2. The van der Waals surface area contributed by atoms with Crippen LogP contribution in [-0.2, 0) is 0 Å². The Bertz CT molecular complexity index is 588. The van der Waals surface area contributed by atoms with E-state index in [0.717, 1.165) is 44.3 Å². The van der Waals surface area contributed by atoms with E-state index in [1.807, 2.05) is 30.0 Å². The van der Waals surface area contributed by atoms with Gasteiger partial charge in [0.15, 0.2) is 0 Å². The van der Waals surface area contributed by atoms with Gasteiger partial charge in [0.2, 0.25) is 0 Å². The Morgan fingerprint density at radius 3 is 2.48 bits per heavy atom. The van der Waals surface area contributed by atoms with Crippen LogP contribution in [0.2, 0.25) is 0 Å². The smallest absolute Gasteiger partial charge is 0.319 e. The Morgan fingerprint density at radius 1 is 1.09 bits per heavy atom. The van der Waals surface area contributed by atoms with Gasteiger partial charge in [0.25, 0.3) is 5.91 Å². The van der Waals surface area contributed by atoms with Crippen LogP contribution in [0, 0.1) is 6.92 Å². The molecule has 3 amide bonds. The molecule has 1 aromatic carbocycles. The highest BCUT2D eigenvalue weighted by molar-refractivity contribution is 6.04. The second-order valence-electron chi connectivity index (χ2n) is 6.58. The zero-order valence-corrected chi connectivity index (χ0v) is 13.7. The monoisotopic (exact) mass is 315 g/mol. The van der Waals surface area contributed by atoms with E-state index in [-0.39, 0.29) is 18.0 Å². The van der Waals surface area contributed by atoms with Gasteiger partial charge in [-0.2, -0.15) is 0 Å². The van der Waals surface area contributed by atoms with Gasteiger partial charge in [0.05, 0.1) is 11.3 Å². The minimum absolute atomic E-state index is 0.0248. The summed E-state index contributed by atoms with van der Waals surface area (Å²) in [5, 5.41) is 5.89. The van der Waals surface area contributed by atoms with E-state index in [1.165, 1.54) is 12.8 Å². The maximum absolute atomic E-state index is 12.8. The number of amides is 3. The van der Waals surface area contributed by atoms with Crippen molar-refractivity contribution in [2.75, 3.05) is 18.4 Å². The number of likely N-dealkylation sites (tertiary alicyclic amines) is 1. The van der Waals surface area contributed by atoms with Gasteiger partial charge in [0, 0.05) is 19.1 Å². The van der Waals surface area contributed by atoms with E-state index < -0.39 is 0 Å². The van der Waals surface area contributed by atoms with Gasteiger partial charge in [-0.05, 0) is 44.2 Å². The molecular formula is C18H25N3O2. The largest absolute Gasteiger partial charge is 0.339 e. The molecule has 1 saturated carbocycles. The summed E-state index contributed by atoms with van der Waals surface area (Å²) in [5.41, 5.74) is 2.13. The minimum Gasteiger partial charge on any atom is -0.339 e. The minimum atomic E-state index is -0.210. The summed E-state index contributed by atoms with van der Waals surface area (Å²) >= 11 is 0. The molecule has 1 aliphatic carbocycles. The van der Waals surface area contributed by atoms with Crippen molar-refractivity contribution >= 4 is 17.6 Å². The van der Waals surface area contributed by atoms with E-state index in [0.29, 0.717) is 11.3 Å². The standard InChI is InChI=1S/C18H25N3O2/c1-13-7-6-10-15(16(13)17(22)21-11-4-5-12-21)20-18(23)19-14-8-2-3-9-14/h6-7,10,14H,2-5,8-9,11-12H2,1H3,(H2,19,20,23). The molecule has 0 atom stereocenters. The second kappa shape index (κ2) is 7.02. The first-order valence-electron chi connectivity index (χ1n) is 8.61. The van der Waals surface area contributed by atoms with Crippen LogP contribution in [0.25, 0.3) is 0 Å². The average molecular weight is 315 g/mol. The number of nitrogens with one attached hydrogen (secondary N) is 2. The molecule has 2 fully saturated rings. The molecule has 5 heteroatoms. The van der Waals surface area contributed by atoms with Crippen molar-refractivity contribution in [3.63, 3.8) is 0 Å². The first kappa shape index (κ1) is 15.8. The molecule has 2 aliphatic rings. The first-order chi connectivity index (χ1) is 11.1. The Kier molecular flexibility index (Phi) is 4.84. The van der Waals surface area contributed by atoms with Gasteiger partial charge in [-0.15, -0.1) is 0 Å². The summed E-state index contributed by atoms with van der Waals surface area (Å²) in [6, 6.07) is 5.66. The van der Waals surface area contributed by atoms with Crippen molar-refractivity contribution in [3.05, 3.63) is 29.3 Å². The number of rotatable bonds is 3. The molecule has 0 radical (unpaired) electrons. The third-order valence-corrected chi connectivity index (χ3v) is 4.82. The zero-order chi connectivity index (χ0) is 16.2. The zero-order valence-electron chi connectivity index (χ0n) is 13.7. The number of carbonyl (C=O) groups excluding carboxylic acids is 2. The summed E-state index contributed by atoms with van der Waals surface area (Å²) < 4.78 is 0. The molecule has 1 aromatic rings. The molecule has 23 heavy (non-hydrogen) atoms. The molecule has 1 heterocycles. The van der Waals surface area contributed by atoms with Crippen LogP contribution >= 0.6 is 0 Å². The molecule has 3 rings (SSSR count). The second-order valence-corrected chi connectivity index (χ2v) is 6.58. The van der Waals surface area contributed by atoms with Gasteiger partial charge in [-0.1, -0.05) is 25.0 Å². The maximum Gasteiger partial charge on any atom is 0.319 e. The summed E-state index contributed by atoms with van der Waals surface area (Å²) in [4.78, 5) is 26.9. The van der Waals surface area contributed by atoms with Crippen molar-refractivity contribution in [1.29, 1.82) is 0 Å². The average Bonchev–Trinajstić information content (AvgIpc) is 3.20. The lowest BCUT2D eigenvalue weighted by molar-refractivity contribution is 0.0793. The van der Waals surface area contributed by atoms with Gasteiger partial charge in [-0.3, -0.25) is 4.79 Å². The predicted molar refractivity (Wildman–Crippen MR) is 90.7 cm³/mol. The summed E-state index contributed by atoms with van der Waals surface area (Å²) in [5.74, 6) is 0.0248. The van der Waals surface area contributed by atoms with Crippen molar-refractivity contribution in [2.24, 2.45) is 0 Å². The van der Waals surface area contributed by atoms with Gasteiger partial charge in [-0.25, -0.2) is 4.79 Å². The fourth-order valence-electron chi connectivity index (χ4n) is 3.55. The number of aryl methyl sites for hydroxylation is 1. The van der Waals surface area contributed by atoms with Crippen molar-refractivity contribution < 1.29 is 9.59 Å². The Balaban J connectivity index is 1.74. The van der Waals surface area contributed by atoms with Crippen LogP contribution in [0.15, 0.2) is 18.2 Å². The molecule has 124 valence electrons. The molecule has 1 aliphatic heterocycles. The molecule has 0 bridgehead atoms. The van der Waals surface area contributed by atoms with Crippen LogP contribution in [0.1, 0.15) is 54.4 Å². The molecule has 0 aromatic heterocycles. The lowest BCUT2D eigenvalue weighted by Crippen LogP contribution is -2.37. The summed E-state index contributed by atoms with van der Waals surface area (Å²) in [6.07, 6.45) is 6.55. The highest BCUT2D eigenvalue weighted by Crippen LogP contribution is 2.24. The third-order valence-electron chi connectivity index (χ3n) is 4.82. The van der Waals surface area contributed by atoms with E-state index in [2.05, 4.69) is 10.6 Å². The molecule has 0 spiro atoms. The quantitative estimate of drug-likeness (QED) is 0.899. The molecule has 0 unspecified atom stereocenters. The van der Waals surface area contributed by atoms with Gasteiger partial charge in [0.1, 0.15) is 0 Å². The lowest BCUT2D eigenvalue weighted by atomic mass is 10.1. The van der Waals surface area contributed by atoms with Crippen molar-refractivity contribution in [1.82, 2.24) is 10.2 Å². The third kappa shape index (κ3) is 3.66. The van der Waals surface area contributed by atoms with Crippen LogP contribution < -0.4 is 10.6 Å². The maximum atomic E-state index is 12.8. The summed E-state index contributed by atoms with van der Waals surface area (Å²) in [6.45, 7) is 3.53. The van der Waals surface area contributed by atoms with Gasteiger partial charge >= 0.3 is 6.03 Å². The fraction of sp³-hybridized carbons (Fsp3) is 0.556. The molecule has 5 nitrogen and oxygen atoms in total. The Labute approximate surface area is 137 Å². The van der Waals surface area contributed by atoms with Crippen molar-refractivity contribution in [2.45, 2.75) is 51.5 Å². The molecule has 1 saturated heterocycles. The SMILES string of the molecule is Cc1cccc(NC(=O)NC2CCCC2)c1C(=O)N1CCCC1. The Hall–Kier alpha value is -2.04. The fourth-order valence-corrected chi connectivity index (χ4v) is 3.55. The Morgan fingerprint density at radius 2 is 1.78 bits per heavy atom. The molecule has 2 N–H and O–H groups in total. The number of benzene rings is 1. The lowest BCUT2D eigenvalue weighted by Gasteiger charge is -2.20. The number of urea groups is 1. The van der Waals surface area contributed by atoms with E-state index in [4.69, 9.17) is 0 Å². The van der Waals surface area contributed by atoms with Gasteiger partial charge < -0.3 is 15.5 Å². The first-order valence-corrected chi connectivity index (χ1v) is 8.61. The summed E-state index contributed by atoms with van der Waals surface area (Å²) in [7, 11) is 0. The highest BCUT2D eigenvalue weighted by Gasteiger charge is 2.24. The van der Waals surface area contributed by atoms with E-state index in [9.17, 15) is 9.59 Å². The number of anilines is 1. The van der Waals surface area contributed by atoms with Crippen LogP contribution in [-0.4, -0.2) is 36.0 Å². The number of nitrogens with zero attached hydrogens (tertiary/aromatic N) is 1. The normalized spacial score (nSPS) is 18.2. The van der Waals surface area contributed by atoms with Crippen molar-refractivity contribution in [3.8, 4) is 0 Å². The number of hydrogen-bond acceptors (Lipinski definition) is 2. The predicted octanol–water partition coefficient (Wildman–Crippen LogP) is 3.30. The number of hydrogen-bond donors (Lipinski definition) is 2. The topological polar surface area (TPSA) is 61.4 Å². The number of carbonyl (C=O) groups is 2. The van der Waals surface area contributed by atoms with E-state index >= 15 is 0 Å². The van der Waals surface area contributed by atoms with Crippen LogP contribution in [0.5, 0.6) is 0 Å². The van der Waals surface area contributed by atoms with E-state index in [1.54, 1.807) is 0 Å². The van der Waals surface area contributed by atoms with Crippen LogP contribution in [0.4, 0.5) is 10.5 Å².